The predicted octanol–water partition coefficient (Wildman–Crippen LogP) is 2.96. The minimum atomic E-state index is -5.24. The van der Waals surface area contributed by atoms with E-state index in [-0.39, 0.29) is 19.0 Å². The molecule has 0 spiro atoms. The fourth-order valence-corrected chi connectivity index (χ4v) is 4.47. The van der Waals surface area contributed by atoms with Crippen LogP contribution in [0.4, 0.5) is 13.2 Å². The van der Waals surface area contributed by atoms with E-state index in [1.165, 1.54) is 16.7 Å². The Balaban J connectivity index is 1.85. The van der Waals surface area contributed by atoms with Crippen LogP contribution in [0.15, 0.2) is 23.2 Å². The second kappa shape index (κ2) is 10.5. The molecule has 0 atom stereocenters. The fourth-order valence-electron chi connectivity index (χ4n) is 3.48. The van der Waals surface area contributed by atoms with Gasteiger partial charge in [-0.25, -0.2) is 8.42 Å². The van der Waals surface area contributed by atoms with E-state index in [1.54, 1.807) is 0 Å². The molecule has 10 heteroatoms. The molecule has 0 bridgehead atoms. The highest BCUT2D eigenvalue weighted by atomic mass is 32.2. The molecule has 1 aliphatic heterocycles. The number of aliphatic imine (C=N–C) groups is 1. The van der Waals surface area contributed by atoms with E-state index in [9.17, 15) is 21.6 Å². The summed E-state index contributed by atoms with van der Waals surface area (Å²) < 4.78 is 61.5. The summed E-state index contributed by atoms with van der Waals surface area (Å²) in [6.45, 7) is 7.70. The minimum Gasteiger partial charge on any atom is -0.357 e. The molecule has 0 aliphatic carbocycles. The highest BCUT2D eigenvalue weighted by Gasteiger charge is 2.50. The standard InChI is InChI=1S/C20H31F3N4O2S/c1-4-24-19(25-10-7-18-6-5-15(2)13-16(18)3)26-14-17-8-11-27(12-9-17)30(28,29)20(21,22)23/h5-6,13,17H,4,7-12,14H2,1-3H3,(H2,24,25,26). The number of rotatable bonds is 7. The Bertz CT molecular complexity index is 833. The van der Waals surface area contributed by atoms with Crippen LogP contribution in [-0.2, 0) is 16.4 Å². The van der Waals surface area contributed by atoms with Crippen molar-refractivity contribution in [3.63, 3.8) is 0 Å². The lowest BCUT2D eigenvalue weighted by Crippen LogP contribution is -2.45. The van der Waals surface area contributed by atoms with Gasteiger partial charge in [-0.2, -0.15) is 17.5 Å². The van der Waals surface area contributed by atoms with E-state index >= 15 is 0 Å². The molecule has 1 saturated heterocycles. The van der Waals surface area contributed by atoms with Crippen molar-refractivity contribution in [3.05, 3.63) is 34.9 Å². The van der Waals surface area contributed by atoms with E-state index in [0.29, 0.717) is 42.7 Å². The zero-order chi connectivity index (χ0) is 22.4. The van der Waals surface area contributed by atoms with E-state index < -0.39 is 15.5 Å². The summed E-state index contributed by atoms with van der Waals surface area (Å²) in [6, 6.07) is 6.37. The lowest BCUT2D eigenvalue weighted by atomic mass is 9.98. The van der Waals surface area contributed by atoms with Gasteiger partial charge in [0.1, 0.15) is 0 Å². The number of guanidine groups is 1. The molecule has 30 heavy (non-hydrogen) atoms. The number of hydrogen-bond acceptors (Lipinski definition) is 3. The molecule has 0 amide bonds. The maximum Gasteiger partial charge on any atom is 0.511 e. The summed E-state index contributed by atoms with van der Waals surface area (Å²) in [5.74, 6) is 0.715. The molecular weight excluding hydrogens is 417 g/mol. The molecular formula is C20H31F3N4O2S. The maximum absolute atomic E-state index is 12.7. The van der Waals surface area contributed by atoms with Crippen molar-refractivity contribution in [1.82, 2.24) is 14.9 Å². The Morgan fingerprint density at radius 3 is 2.43 bits per heavy atom. The van der Waals surface area contributed by atoms with Gasteiger partial charge in [-0.15, -0.1) is 0 Å². The largest absolute Gasteiger partial charge is 0.511 e. The zero-order valence-corrected chi connectivity index (χ0v) is 18.5. The van der Waals surface area contributed by atoms with Crippen LogP contribution in [-0.4, -0.2) is 56.9 Å². The van der Waals surface area contributed by atoms with Crippen molar-refractivity contribution in [2.24, 2.45) is 10.9 Å². The van der Waals surface area contributed by atoms with Gasteiger partial charge in [0, 0.05) is 32.7 Å². The molecule has 1 aromatic carbocycles. The van der Waals surface area contributed by atoms with Gasteiger partial charge in [0.2, 0.25) is 0 Å². The van der Waals surface area contributed by atoms with E-state index in [4.69, 9.17) is 0 Å². The average molecular weight is 449 g/mol. The van der Waals surface area contributed by atoms with Crippen molar-refractivity contribution >= 4 is 16.0 Å². The molecule has 170 valence electrons. The minimum absolute atomic E-state index is 0.0551. The predicted molar refractivity (Wildman–Crippen MR) is 113 cm³/mol. The number of aryl methyl sites for hydroxylation is 2. The molecule has 6 nitrogen and oxygen atoms in total. The van der Waals surface area contributed by atoms with Gasteiger partial charge in [-0.3, -0.25) is 4.99 Å². The first kappa shape index (κ1) is 24.5. The summed E-state index contributed by atoms with van der Waals surface area (Å²) in [5, 5.41) is 6.46. The molecule has 2 rings (SSSR count). The second-order valence-electron chi connectivity index (χ2n) is 7.62. The number of benzene rings is 1. The van der Waals surface area contributed by atoms with E-state index in [1.807, 2.05) is 6.92 Å². The van der Waals surface area contributed by atoms with Crippen LogP contribution >= 0.6 is 0 Å². The Kier molecular flexibility index (Phi) is 8.54. The molecule has 0 saturated carbocycles. The van der Waals surface area contributed by atoms with Crippen LogP contribution in [0.3, 0.4) is 0 Å². The topological polar surface area (TPSA) is 73.8 Å². The molecule has 1 fully saturated rings. The van der Waals surface area contributed by atoms with E-state index in [2.05, 4.69) is 47.7 Å². The third kappa shape index (κ3) is 6.60. The Hall–Kier alpha value is -1.81. The van der Waals surface area contributed by atoms with Crippen molar-refractivity contribution < 1.29 is 21.6 Å². The summed E-state index contributed by atoms with van der Waals surface area (Å²) in [4.78, 5) is 4.55. The first-order chi connectivity index (χ1) is 14.0. The lowest BCUT2D eigenvalue weighted by molar-refractivity contribution is -0.0496. The van der Waals surface area contributed by atoms with E-state index in [0.717, 1.165) is 6.42 Å². The van der Waals surface area contributed by atoms with Gasteiger partial charge in [-0.1, -0.05) is 23.8 Å². The van der Waals surface area contributed by atoms with Crippen molar-refractivity contribution in [1.29, 1.82) is 0 Å². The van der Waals surface area contributed by atoms with Gasteiger partial charge in [0.05, 0.1) is 0 Å². The summed E-state index contributed by atoms with van der Waals surface area (Å²) >= 11 is 0. The Morgan fingerprint density at radius 1 is 1.20 bits per heavy atom. The third-order valence-corrected chi connectivity index (χ3v) is 6.87. The molecule has 0 unspecified atom stereocenters. The van der Waals surface area contributed by atoms with Crippen LogP contribution in [0.2, 0.25) is 0 Å². The molecule has 0 aromatic heterocycles. The normalized spacial score (nSPS) is 17.2. The summed E-state index contributed by atoms with van der Waals surface area (Å²) in [5.41, 5.74) is -1.50. The highest BCUT2D eigenvalue weighted by molar-refractivity contribution is 7.90. The quantitative estimate of drug-likeness (QED) is 0.497. The second-order valence-corrected chi connectivity index (χ2v) is 9.55. The van der Waals surface area contributed by atoms with Crippen LogP contribution in [0.5, 0.6) is 0 Å². The number of sulfonamides is 1. The lowest BCUT2D eigenvalue weighted by Gasteiger charge is -2.30. The Morgan fingerprint density at radius 2 is 1.87 bits per heavy atom. The average Bonchev–Trinajstić information content (AvgIpc) is 2.67. The van der Waals surface area contributed by atoms with Gasteiger partial charge < -0.3 is 10.6 Å². The first-order valence-corrected chi connectivity index (χ1v) is 11.6. The first-order valence-electron chi connectivity index (χ1n) is 10.2. The molecule has 2 N–H and O–H groups in total. The monoisotopic (exact) mass is 448 g/mol. The molecule has 0 radical (unpaired) electrons. The summed E-state index contributed by atoms with van der Waals surface area (Å²) in [7, 11) is -5.23. The van der Waals surface area contributed by atoms with Crippen molar-refractivity contribution in [2.75, 3.05) is 32.7 Å². The highest BCUT2D eigenvalue weighted by Crippen LogP contribution is 2.30. The van der Waals surface area contributed by atoms with Crippen molar-refractivity contribution in [2.45, 2.75) is 45.5 Å². The number of nitrogens with zero attached hydrogens (tertiary/aromatic N) is 2. The van der Waals surface area contributed by atoms with Crippen molar-refractivity contribution in [3.8, 4) is 0 Å². The molecule has 1 heterocycles. The number of hydrogen-bond donors (Lipinski definition) is 2. The fraction of sp³-hybridized carbons (Fsp3) is 0.650. The number of piperidine rings is 1. The zero-order valence-electron chi connectivity index (χ0n) is 17.7. The van der Waals surface area contributed by atoms with Crippen LogP contribution < -0.4 is 10.6 Å². The molecule has 1 aromatic rings. The van der Waals surface area contributed by atoms with Crippen LogP contribution in [0.25, 0.3) is 0 Å². The number of nitrogens with one attached hydrogen (secondary N) is 2. The van der Waals surface area contributed by atoms with Gasteiger partial charge in [0.15, 0.2) is 5.96 Å². The number of alkyl halides is 3. The summed E-state index contributed by atoms with van der Waals surface area (Å²) in [6.07, 6.45) is 1.58. The van der Waals surface area contributed by atoms with Gasteiger partial charge >= 0.3 is 15.5 Å². The SMILES string of the molecule is CCNC(=NCC1CCN(S(=O)(=O)C(F)(F)F)CC1)NCCc1ccc(C)cc1C. The van der Waals surface area contributed by atoms with Gasteiger partial charge in [-0.05, 0) is 57.1 Å². The van der Waals surface area contributed by atoms with Crippen LogP contribution in [0.1, 0.15) is 36.5 Å². The maximum atomic E-state index is 12.7. The van der Waals surface area contributed by atoms with Gasteiger partial charge in [0.25, 0.3) is 0 Å². The Labute approximate surface area is 177 Å². The van der Waals surface area contributed by atoms with Crippen LogP contribution in [0, 0.1) is 19.8 Å². The smallest absolute Gasteiger partial charge is 0.357 e. The molecule has 1 aliphatic rings. The third-order valence-electron chi connectivity index (χ3n) is 5.24. The number of halogens is 3.